The number of hydrogen-bond acceptors (Lipinski definition) is 5. The first-order chi connectivity index (χ1) is 13.5. The monoisotopic (exact) mass is 433 g/mol. The zero-order chi connectivity index (χ0) is 21.4. The highest BCUT2D eigenvalue weighted by molar-refractivity contribution is 7.99. The second kappa shape index (κ2) is 8.19. The van der Waals surface area contributed by atoms with E-state index < -0.39 is 0 Å². The summed E-state index contributed by atoms with van der Waals surface area (Å²) in [6, 6.07) is 6.15. The number of nitrogens with one attached hydrogen (secondary N) is 2. The minimum Gasteiger partial charge on any atom is -0.347 e. The molecule has 0 radical (unpaired) electrons. The molecule has 1 unspecified atom stereocenters. The Balaban J connectivity index is 2.00. The summed E-state index contributed by atoms with van der Waals surface area (Å²) in [5, 5.41) is 4.53. The van der Waals surface area contributed by atoms with E-state index in [-0.39, 0.29) is 16.5 Å². The third-order valence-corrected chi connectivity index (χ3v) is 6.23. The van der Waals surface area contributed by atoms with Gasteiger partial charge in [0.05, 0.1) is 11.2 Å². The number of aromatic nitrogens is 2. The van der Waals surface area contributed by atoms with Gasteiger partial charge in [-0.3, -0.25) is 9.48 Å². The normalized spacial score (nSPS) is 15.1. The SMILES string of the molecule is CSNc1ccc2c(c1)PNC(c1cn(C(C)(C)C)n(CCC(C)(C)C)c1=O)=N2. The average Bonchev–Trinajstić information content (AvgIpc) is 2.96. The summed E-state index contributed by atoms with van der Waals surface area (Å²) < 4.78 is 7.18. The maximum Gasteiger partial charge on any atom is 0.277 e. The molecule has 2 heterocycles. The summed E-state index contributed by atoms with van der Waals surface area (Å²) in [4.78, 5) is 18.1. The van der Waals surface area contributed by atoms with Crippen LogP contribution < -0.4 is 20.7 Å². The minimum absolute atomic E-state index is 0.0179. The molecule has 0 aliphatic carbocycles. The number of aliphatic imine (C=N–C) groups is 1. The van der Waals surface area contributed by atoms with E-state index >= 15 is 0 Å². The fourth-order valence-electron chi connectivity index (χ4n) is 3.17. The predicted octanol–water partition coefficient (Wildman–Crippen LogP) is 4.43. The molecule has 0 bridgehead atoms. The summed E-state index contributed by atoms with van der Waals surface area (Å²) in [5.74, 6) is 0.666. The first kappa shape index (κ1) is 22.0. The van der Waals surface area contributed by atoms with Crippen molar-refractivity contribution in [2.24, 2.45) is 10.4 Å². The number of fused-ring (bicyclic) bond motifs is 1. The molecule has 2 N–H and O–H groups in total. The van der Waals surface area contributed by atoms with Crippen LogP contribution in [0.3, 0.4) is 0 Å². The highest BCUT2D eigenvalue weighted by atomic mass is 32.2. The topological polar surface area (TPSA) is 63.4 Å². The lowest BCUT2D eigenvalue weighted by atomic mass is 9.92. The molecule has 0 saturated heterocycles. The van der Waals surface area contributed by atoms with E-state index in [0.29, 0.717) is 26.7 Å². The lowest BCUT2D eigenvalue weighted by molar-refractivity contribution is 0.256. The molecule has 0 amide bonds. The van der Waals surface area contributed by atoms with Gasteiger partial charge in [-0.1, -0.05) is 32.7 Å². The van der Waals surface area contributed by atoms with Gasteiger partial charge in [0, 0.05) is 38.7 Å². The van der Waals surface area contributed by atoms with Gasteiger partial charge < -0.3 is 9.81 Å². The van der Waals surface area contributed by atoms with Gasteiger partial charge in [-0.15, -0.1) is 0 Å². The molecule has 29 heavy (non-hydrogen) atoms. The number of nitrogens with zero attached hydrogens (tertiary/aromatic N) is 3. The van der Waals surface area contributed by atoms with Crippen LogP contribution in [0.25, 0.3) is 0 Å². The van der Waals surface area contributed by atoms with E-state index in [0.717, 1.165) is 23.1 Å². The molecule has 1 aliphatic rings. The van der Waals surface area contributed by atoms with E-state index in [9.17, 15) is 4.79 Å². The van der Waals surface area contributed by atoms with Crippen LogP contribution in [-0.4, -0.2) is 21.5 Å². The summed E-state index contributed by atoms with van der Waals surface area (Å²) >= 11 is 1.57. The molecule has 1 aromatic heterocycles. The van der Waals surface area contributed by atoms with E-state index in [1.807, 2.05) is 29.3 Å². The smallest absolute Gasteiger partial charge is 0.277 e. The molecule has 3 rings (SSSR count). The standard InChI is InChI=1S/C21H32N5OPS/c1-20(2,3)10-11-25-19(27)15(13-26(25)21(4,5)6)18-22-16-9-8-14(24-29-7)12-17(16)28-23-18/h8-9,12-13,24,28H,10-11H2,1-7H3,(H,22,23). The van der Waals surface area contributed by atoms with E-state index in [1.165, 1.54) is 0 Å². The largest absolute Gasteiger partial charge is 0.347 e. The number of amidine groups is 1. The molecular weight excluding hydrogens is 401 g/mol. The molecule has 158 valence electrons. The number of rotatable bonds is 5. The Morgan fingerprint density at radius 1 is 1.21 bits per heavy atom. The van der Waals surface area contributed by atoms with Crippen LogP contribution in [0.4, 0.5) is 11.4 Å². The van der Waals surface area contributed by atoms with E-state index in [4.69, 9.17) is 4.99 Å². The zero-order valence-corrected chi connectivity index (χ0v) is 20.2. The predicted molar refractivity (Wildman–Crippen MR) is 129 cm³/mol. The lowest BCUT2D eigenvalue weighted by Gasteiger charge is -2.27. The third kappa shape index (κ3) is 5.07. The molecular formula is C21H32N5OPS. The number of benzene rings is 1. The Hall–Kier alpha value is -1.72. The number of anilines is 1. The van der Waals surface area contributed by atoms with Crippen molar-refractivity contribution < 1.29 is 0 Å². The molecule has 0 spiro atoms. The van der Waals surface area contributed by atoms with Gasteiger partial charge in [0.15, 0.2) is 0 Å². The summed E-state index contributed by atoms with van der Waals surface area (Å²) in [6.07, 6.45) is 4.89. The van der Waals surface area contributed by atoms with Gasteiger partial charge in [0.25, 0.3) is 5.56 Å². The molecule has 1 aromatic carbocycles. The van der Waals surface area contributed by atoms with Gasteiger partial charge in [-0.05, 0) is 50.8 Å². The fraction of sp³-hybridized carbons (Fsp3) is 0.524. The second-order valence-electron chi connectivity index (χ2n) is 9.55. The van der Waals surface area contributed by atoms with Crippen LogP contribution in [0.15, 0.2) is 34.2 Å². The summed E-state index contributed by atoms with van der Waals surface area (Å²) in [5.41, 5.74) is 2.61. The highest BCUT2D eigenvalue weighted by Crippen LogP contribution is 2.27. The van der Waals surface area contributed by atoms with Crippen LogP contribution in [0.5, 0.6) is 0 Å². The zero-order valence-electron chi connectivity index (χ0n) is 18.4. The van der Waals surface area contributed by atoms with Gasteiger partial charge >= 0.3 is 0 Å². The highest BCUT2D eigenvalue weighted by Gasteiger charge is 2.25. The van der Waals surface area contributed by atoms with E-state index in [2.05, 4.69) is 62.1 Å². The Morgan fingerprint density at radius 2 is 1.93 bits per heavy atom. The summed E-state index contributed by atoms with van der Waals surface area (Å²) in [7, 11) is 0.373. The molecule has 0 fully saturated rings. The lowest BCUT2D eigenvalue weighted by Crippen LogP contribution is -2.35. The Labute approximate surface area is 179 Å². The molecule has 1 aliphatic heterocycles. The summed E-state index contributed by atoms with van der Waals surface area (Å²) in [6.45, 7) is 13.7. The molecule has 8 heteroatoms. The minimum atomic E-state index is -0.191. The number of hydrogen-bond donors (Lipinski definition) is 2. The fourth-order valence-corrected chi connectivity index (χ4v) is 4.47. The van der Waals surface area contributed by atoms with Crippen molar-refractivity contribution in [3.8, 4) is 0 Å². The van der Waals surface area contributed by atoms with Crippen molar-refractivity contribution in [1.29, 1.82) is 0 Å². The van der Waals surface area contributed by atoms with Crippen LogP contribution in [-0.2, 0) is 12.1 Å². The van der Waals surface area contributed by atoms with Crippen molar-refractivity contribution >= 4 is 43.2 Å². The molecule has 0 saturated carbocycles. The average molecular weight is 434 g/mol. The molecule has 1 atom stereocenters. The van der Waals surface area contributed by atoms with Crippen molar-refractivity contribution in [2.45, 2.75) is 60.0 Å². The Bertz CT molecular complexity index is 978. The van der Waals surface area contributed by atoms with Crippen molar-refractivity contribution in [3.63, 3.8) is 0 Å². The Morgan fingerprint density at radius 3 is 2.55 bits per heavy atom. The van der Waals surface area contributed by atoms with Crippen molar-refractivity contribution in [3.05, 3.63) is 40.3 Å². The van der Waals surface area contributed by atoms with Gasteiger partial charge in [0.2, 0.25) is 0 Å². The van der Waals surface area contributed by atoms with Crippen LogP contribution in [0, 0.1) is 5.41 Å². The van der Waals surface area contributed by atoms with Crippen LogP contribution >= 0.6 is 20.7 Å². The van der Waals surface area contributed by atoms with Crippen molar-refractivity contribution in [1.82, 2.24) is 14.5 Å². The second-order valence-corrected chi connectivity index (χ2v) is 11.2. The van der Waals surface area contributed by atoms with Gasteiger partial charge in [0.1, 0.15) is 11.4 Å². The quantitative estimate of drug-likeness (QED) is 0.541. The Kier molecular flexibility index (Phi) is 6.21. The first-order valence-corrected chi connectivity index (χ1v) is 12.1. The molecule has 2 aromatic rings. The maximum atomic E-state index is 13.3. The first-order valence-electron chi connectivity index (χ1n) is 9.87. The maximum absolute atomic E-state index is 13.3. The van der Waals surface area contributed by atoms with Crippen LogP contribution in [0.2, 0.25) is 0 Å². The molecule has 6 nitrogen and oxygen atoms in total. The van der Waals surface area contributed by atoms with Gasteiger partial charge in [-0.2, -0.15) is 0 Å². The van der Waals surface area contributed by atoms with Crippen molar-refractivity contribution in [2.75, 3.05) is 11.0 Å². The third-order valence-electron chi connectivity index (χ3n) is 4.76. The van der Waals surface area contributed by atoms with Gasteiger partial charge in [-0.25, -0.2) is 9.67 Å². The van der Waals surface area contributed by atoms with E-state index in [1.54, 1.807) is 11.9 Å². The van der Waals surface area contributed by atoms with Crippen LogP contribution in [0.1, 0.15) is 53.5 Å².